The molecule has 0 aliphatic rings. The van der Waals surface area contributed by atoms with Gasteiger partial charge in [-0.25, -0.2) is 4.79 Å². The van der Waals surface area contributed by atoms with Crippen LogP contribution in [0.4, 0.5) is 11.5 Å². The quantitative estimate of drug-likeness (QED) is 0.616. The molecular formula is C23H28N4O2. The third kappa shape index (κ3) is 5.16. The Labute approximate surface area is 170 Å². The second-order valence-corrected chi connectivity index (χ2v) is 7.65. The lowest BCUT2D eigenvalue weighted by Crippen LogP contribution is -2.39. The van der Waals surface area contributed by atoms with Crippen molar-refractivity contribution in [3.8, 4) is 0 Å². The second-order valence-electron chi connectivity index (χ2n) is 7.65. The molecule has 6 nitrogen and oxygen atoms in total. The average molecular weight is 393 g/mol. The van der Waals surface area contributed by atoms with E-state index >= 15 is 0 Å². The van der Waals surface area contributed by atoms with Crippen molar-refractivity contribution in [2.24, 2.45) is 5.92 Å². The van der Waals surface area contributed by atoms with E-state index in [1.807, 2.05) is 65.6 Å². The van der Waals surface area contributed by atoms with E-state index in [0.29, 0.717) is 31.2 Å². The van der Waals surface area contributed by atoms with Crippen LogP contribution in [0.5, 0.6) is 0 Å². The highest BCUT2D eigenvalue weighted by Gasteiger charge is 2.19. The summed E-state index contributed by atoms with van der Waals surface area (Å²) < 4.78 is 1.43. The van der Waals surface area contributed by atoms with Crippen molar-refractivity contribution in [1.82, 2.24) is 9.55 Å². The molecule has 0 fully saturated rings. The van der Waals surface area contributed by atoms with Gasteiger partial charge in [-0.05, 0) is 23.5 Å². The summed E-state index contributed by atoms with van der Waals surface area (Å²) >= 11 is 0. The highest BCUT2D eigenvalue weighted by atomic mass is 16.2. The average Bonchev–Trinajstić information content (AvgIpc) is 2.70. The SMILES string of the molecule is CC(C)CCN(Cc1ccccc1)c1c(N)n(Cc2ccccc2)c(=O)[nH]c1=O. The molecule has 0 amide bonds. The van der Waals surface area contributed by atoms with Crippen molar-refractivity contribution in [2.75, 3.05) is 17.2 Å². The van der Waals surface area contributed by atoms with Crippen molar-refractivity contribution in [3.05, 3.63) is 92.6 Å². The van der Waals surface area contributed by atoms with Crippen LogP contribution in [-0.4, -0.2) is 16.1 Å². The van der Waals surface area contributed by atoms with E-state index in [-0.39, 0.29) is 5.82 Å². The van der Waals surface area contributed by atoms with Crippen LogP contribution in [0.3, 0.4) is 0 Å². The van der Waals surface area contributed by atoms with Gasteiger partial charge in [0.1, 0.15) is 11.5 Å². The minimum Gasteiger partial charge on any atom is -0.383 e. The van der Waals surface area contributed by atoms with Crippen LogP contribution < -0.4 is 21.9 Å². The maximum absolute atomic E-state index is 12.8. The van der Waals surface area contributed by atoms with E-state index in [1.54, 1.807) is 0 Å². The van der Waals surface area contributed by atoms with Gasteiger partial charge in [-0.2, -0.15) is 0 Å². The van der Waals surface area contributed by atoms with Gasteiger partial charge in [-0.1, -0.05) is 74.5 Å². The molecule has 0 unspecified atom stereocenters. The Morgan fingerprint density at radius 3 is 2.14 bits per heavy atom. The largest absolute Gasteiger partial charge is 0.383 e. The third-order valence-electron chi connectivity index (χ3n) is 4.91. The number of anilines is 2. The lowest BCUT2D eigenvalue weighted by molar-refractivity contribution is 0.569. The predicted octanol–water partition coefficient (Wildman–Crippen LogP) is 3.22. The zero-order valence-corrected chi connectivity index (χ0v) is 17.0. The molecule has 1 heterocycles. The molecule has 0 aliphatic heterocycles. The fourth-order valence-corrected chi connectivity index (χ4v) is 3.29. The van der Waals surface area contributed by atoms with Crippen LogP contribution in [0.2, 0.25) is 0 Å². The molecule has 2 aromatic carbocycles. The summed E-state index contributed by atoms with van der Waals surface area (Å²) in [6, 6.07) is 19.5. The number of benzene rings is 2. The molecule has 3 rings (SSSR count). The Kier molecular flexibility index (Phi) is 6.54. The maximum atomic E-state index is 12.8. The van der Waals surface area contributed by atoms with Crippen molar-refractivity contribution in [1.29, 1.82) is 0 Å². The molecule has 0 atom stereocenters. The summed E-state index contributed by atoms with van der Waals surface area (Å²) in [6.07, 6.45) is 0.906. The molecule has 152 valence electrons. The number of H-pyrrole nitrogens is 1. The Bertz CT molecular complexity index is 1040. The summed E-state index contributed by atoms with van der Waals surface area (Å²) in [5, 5.41) is 0. The van der Waals surface area contributed by atoms with Crippen LogP contribution >= 0.6 is 0 Å². The number of nitrogen functional groups attached to an aromatic ring is 1. The number of nitrogens with zero attached hydrogens (tertiary/aromatic N) is 2. The molecule has 6 heteroatoms. The van der Waals surface area contributed by atoms with Gasteiger partial charge in [-0.3, -0.25) is 14.3 Å². The van der Waals surface area contributed by atoms with E-state index in [4.69, 9.17) is 5.73 Å². The highest BCUT2D eigenvalue weighted by molar-refractivity contribution is 5.62. The third-order valence-corrected chi connectivity index (χ3v) is 4.91. The number of aromatic nitrogens is 2. The Morgan fingerprint density at radius 2 is 1.55 bits per heavy atom. The first-order valence-electron chi connectivity index (χ1n) is 9.91. The zero-order valence-electron chi connectivity index (χ0n) is 17.0. The van der Waals surface area contributed by atoms with E-state index in [0.717, 1.165) is 17.5 Å². The first-order valence-corrected chi connectivity index (χ1v) is 9.91. The van der Waals surface area contributed by atoms with Crippen LogP contribution in [0.25, 0.3) is 0 Å². The number of nitrogens with two attached hydrogens (primary N) is 1. The molecule has 0 saturated carbocycles. The molecule has 0 radical (unpaired) electrons. The van der Waals surface area contributed by atoms with Crippen molar-refractivity contribution < 1.29 is 0 Å². The van der Waals surface area contributed by atoms with E-state index < -0.39 is 11.2 Å². The van der Waals surface area contributed by atoms with Gasteiger partial charge >= 0.3 is 5.69 Å². The molecule has 29 heavy (non-hydrogen) atoms. The second kappa shape index (κ2) is 9.28. The van der Waals surface area contributed by atoms with Gasteiger partial charge < -0.3 is 10.6 Å². The fourth-order valence-electron chi connectivity index (χ4n) is 3.29. The number of nitrogens with one attached hydrogen (secondary N) is 1. The summed E-state index contributed by atoms with van der Waals surface area (Å²) in [6.45, 7) is 5.81. The Morgan fingerprint density at radius 1 is 0.966 bits per heavy atom. The van der Waals surface area contributed by atoms with Crippen LogP contribution in [0.15, 0.2) is 70.3 Å². The zero-order chi connectivity index (χ0) is 20.8. The molecule has 0 spiro atoms. The molecule has 3 aromatic rings. The van der Waals surface area contributed by atoms with E-state index in [1.165, 1.54) is 4.57 Å². The number of aromatic amines is 1. The highest BCUT2D eigenvalue weighted by Crippen LogP contribution is 2.21. The number of hydrogen-bond donors (Lipinski definition) is 2. The van der Waals surface area contributed by atoms with Crippen molar-refractivity contribution >= 4 is 11.5 Å². The minimum atomic E-state index is -0.497. The lowest BCUT2D eigenvalue weighted by atomic mass is 10.1. The topological polar surface area (TPSA) is 84.1 Å². The maximum Gasteiger partial charge on any atom is 0.330 e. The van der Waals surface area contributed by atoms with Crippen molar-refractivity contribution in [2.45, 2.75) is 33.4 Å². The van der Waals surface area contributed by atoms with Crippen LogP contribution in [0.1, 0.15) is 31.4 Å². The predicted molar refractivity (Wildman–Crippen MR) is 118 cm³/mol. The molecule has 1 aromatic heterocycles. The van der Waals surface area contributed by atoms with Crippen molar-refractivity contribution in [3.63, 3.8) is 0 Å². The summed E-state index contributed by atoms with van der Waals surface area (Å²) in [5.74, 6) is 0.672. The van der Waals surface area contributed by atoms with E-state index in [2.05, 4.69) is 18.8 Å². The number of hydrogen-bond acceptors (Lipinski definition) is 4. The molecular weight excluding hydrogens is 364 g/mol. The van der Waals surface area contributed by atoms with Gasteiger partial charge in [0.2, 0.25) is 0 Å². The van der Waals surface area contributed by atoms with Gasteiger partial charge in [-0.15, -0.1) is 0 Å². The molecule has 0 saturated heterocycles. The normalized spacial score (nSPS) is 11.0. The summed E-state index contributed by atoms with van der Waals surface area (Å²) in [7, 11) is 0. The van der Waals surface area contributed by atoms with Gasteiger partial charge in [0.05, 0.1) is 6.54 Å². The van der Waals surface area contributed by atoms with Gasteiger partial charge in [0.25, 0.3) is 5.56 Å². The minimum absolute atomic E-state index is 0.197. The lowest BCUT2D eigenvalue weighted by Gasteiger charge is -2.27. The molecule has 3 N–H and O–H groups in total. The van der Waals surface area contributed by atoms with Crippen LogP contribution in [0, 0.1) is 5.92 Å². The monoisotopic (exact) mass is 392 g/mol. The van der Waals surface area contributed by atoms with Gasteiger partial charge in [0.15, 0.2) is 0 Å². The standard InChI is InChI=1S/C23H28N4O2/c1-17(2)13-14-26(15-18-9-5-3-6-10-18)20-21(24)27(23(29)25-22(20)28)16-19-11-7-4-8-12-19/h3-12,17H,13-16,24H2,1-2H3,(H,25,28,29). The Balaban J connectivity index is 2.02. The van der Waals surface area contributed by atoms with E-state index in [9.17, 15) is 9.59 Å². The molecule has 0 aliphatic carbocycles. The first kappa shape index (κ1) is 20.5. The smallest absolute Gasteiger partial charge is 0.330 e. The molecule has 0 bridgehead atoms. The number of rotatable bonds is 8. The van der Waals surface area contributed by atoms with Crippen LogP contribution in [-0.2, 0) is 13.1 Å². The summed E-state index contributed by atoms with van der Waals surface area (Å²) in [4.78, 5) is 29.7. The Hall–Kier alpha value is -3.28. The summed E-state index contributed by atoms with van der Waals surface area (Å²) in [5.41, 5.74) is 7.82. The fraction of sp³-hybridized carbons (Fsp3) is 0.304. The van der Waals surface area contributed by atoms with Gasteiger partial charge in [0, 0.05) is 13.1 Å². The first-order chi connectivity index (χ1) is 14.0.